The molecule has 1 amide bonds. The molecular weight excluding hydrogens is 302 g/mol. The van der Waals surface area contributed by atoms with Crippen LogP contribution >= 0.6 is 0 Å². The van der Waals surface area contributed by atoms with E-state index in [1.165, 1.54) is 11.3 Å². The third-order valence-electron chi connectivity index (χ3n) is 5.23. The molecule has 3 rings (SSSR count). The second-order valence-electron chi connectivity index (χ2n) is 6.92. The number of piperidine rings is 1. The van der Waals surface area contributed by atoms with Gasteiger partial charge in [0.15, 0.2) is 0 Å². The number of benzene rings is 1. The maximum atomic E-state index is 12.5. The quantitative estimate of drug-likeness (QED) is 0.842. The van der Waals surface area contributed by atoms with E-state index in [2.05, 4.69) is 41.0 Å². The topological polar surface area (TPSA) is 36.0 Å². The van der Waals surface area contributed by atoms with Crippen molar-refractivity contribution in [1.29, 1.82) is 0 Å². The first-order valence-corrected chi connectivity index (χ1v) is 9.00. The average molecular weight is 331 g/mol. The first-order valence-electron chi connectivity index (χ1n) is 9.00. The number of nitrogens with zero attached hydrogens (tertiary/aromatic N) is 3. The molecule has 0 unspecified atom stereocenters. The largest absolute Gasteiger partial charge is 0.381 e. The van der Waals surface area contributed by atoms with E-state index in [1.54, 1.807) is 7.11 Å². The Morgan fingerprint density at radius 1 is 1.12 bits per heavy atom. The van der Waals surface area contributed by atoms with Crippen molar-refractivity contribution >= 4 is 11.6 Å². The van der Waals surface area contributed by atoms with Crippen LogP contribution in [0.5, 0.6) is 0 Å². The smallest absolute Gasteiger partial charge is 0.236 e. The molecule has 2 saturated heterocycles. The highest BCUT2D eigenvalue weighted by molar-refractivity contribution is 5.78. The summed E-state index contributed by atoms with van der Waals surface area (Å²) in [6.07, 6.45) is 2.43. The van der Waals surface area contributed by atoms with Gasteiger partial charge in [0.1, 0.15) is 0 Å². The summed E-state index contributed by atoms with van der Waals surface area (Å²) in [5.41, 5.74) is 2.55. The highest BCUT2D eigenvalue weighted by atomic mass is 16.5. The van der Waals surface area contributed by atoms with Crippen LogP contribution in [0.1, 0.15) is 18.4 Å². The number of likely N-dealkylation sites (tertiary alicyclic amines) is 1. The summed E-state index contributed by atoms with van der Waals surface area (Å²) in [6.45, 7) is 8.09. The third kappa shape index (κ3) is 4.28. The number of carbonyl (C=O) groups excluding carboxylic acids is 1. The Morgan fingerprint density at radius 3 is 2.46 bits per heavy atom. The number of hydrogen-bond acceptors (Lipinski definition) is 4. The van der Waals surface area contributed by atoms with Gasteiger partial charge in [0.2, 0.25) is 5.91 Å². The number of carbonyl (C=O) groups is 1. The van der Waals surface area contributed by atoms with Crippen molar-refractivity contribution in [2.75, 3.05) is 57.8 Å². The Morgan fingerprint density at radius 2 is 1.83 bits per heavy atom. The summed E-state index contributed by atoms with van der Waals surface area (Å²) >= 11 is 0. The zero-order valence-electron chi connectivity index (χ0n) is 14.9. The molecule has 0 aromatic heterocycles. The number of ether oxygens (including phenoxy) is 1. The Hall–Kier alpha value is -1.59. The minimum absolute atomic E-state index is 0.273. The number of methoxy groups -OCH3 is 1. The Balaban J connectivity index is 1.45. The predicted octanol–water partition coefficient (Wildman–Crippen LogP) is 1.75. The number of hydrogen-bond donors (Lipinski definition) is 0. The third-order valence-corrected chi connectivity index (χ3v) is 5.23. The fourth-order valence-electron chi connectivity index (χ4n) is 3.63. The summed E-state index contributed by atoms with van der Waals surface area (Å²) in [6, 6.07) is 8.60. The molecule has 24 heavy (non-hydrogen) atoms. The molecular formula is C19H29N3O2. The van der Waals surface area contributed by atoms with Crippen LogP contribution in [0.2, 0.25) is 0 Å². The van der Waals surface area contributed by atoms with E-state index in [4.69, 9.17) is 4.74 Å². The lowest BCUT2D eigenvalue weighted by Gasteiger charge is -2.38. The number of amides is 1. The first-order chi connectivity index (χ1) is 11.7. The van der Waals surface area contributed by atoms with Crippen LogP contribution in [0.25, 0.3) is 0 Å². The second-order valence-corrected chi connectivity index (χ2v) is 6.92. The molecule has 2 fully saturated rings. The van der Waals surface area contributed by atoms with E-state index < -0.39 is 0 Å². The molecule has 1 aromatic rings. The number of anilines is 1. The molecule has 0 aliphatic carbocycles. The standard InChI is InChI=1S/C19H29N3O2/c1-16-4-3-5-17(14-16)21-10-12-22(13-11-21)19(23)15-20-8-6-18(24-2)7-9-20/h3-5,14,18H,6-13,15H2,1-2H3. The van der Waals surface area contributed by atoms with Gasteiger partial charge in [-0.2, -0.15) is 0 Å². The van der Waals surface area contributed by atoms with Gasteiger partial charge in [-0.05, 0) is 37.5 Å². The molecule has 0 spiro atoms. The van der Waals surface area contributed by atoms with Crippen LogP contribution in [0, 0.1) is 6.92 Å². The Bertz CT molecular complexity index is 547. The second kappa shape index (κ2) is 7.99. The summed E-state index contributed by atoms with van der Waals surface area (Å²) in [4.78, 5) is 19.2. The zero-order chi connectivity index (χ0) is 16.9. The summed E-state index contributed by atoms with van der Waals surface area (Å²) in [5, 5.41) is 0. The fourth-order valence-corrected chi connectivity index (χ4v) is 3.63. The van der Waals surface area contributed by atoms with Gasteiger partial charge >= 0.3 is 0 Å². The van der Waals surface area contributed by atoms with Crippen molar-refractivity contribution in [2.45, 2.75) is 25.9 Å². The lowest BCUT2D eigenvalue weighted by atomic mass is 10.1. The lowest BCUT2D eigenvalue weighted by molar-refractivity contribution is -0.133. The van der Waals surface area contributed by atoms with Gasteiger partial charge in [0.25, 0.3) is 0 Å². The van der Waals surface area contributed by atoms with Crippen molar-refractivity contribution in [3.05, 3.63) is 29.8 Å². The van der Waals surface area contributed by atoms with Gasteiger partial charge < -0.3 is 14.5 Å². The van der Waals surface area contributed by atoms with Crippen LogP contribution in [0.15, 0.2) is 24.3 Å². The Labute approximate surface area is 145 Å². The molecule has 2 heterocycles. The van der Waals surface area contributed by atoms with Crippen LogP contribution in [-0.2, 0) is 9.53 Å². The van der Waals surface area contributed by atoms with Crippen molar-refractivity contribution < 1.29 is 9.53 Å². The molecule has 1 aromatic carbocycles. The van der Waals surface area contributed by atoms with E-state index in [0.717, 1.165) is 52.1 Å². The van der Waals surface area contributed by atoms with Crippen LogP contribution in [0.3, 0.4) is 0 Å². The van der Waals surface area contributed by atoms with Crippen LogP contribution in [0.4, 0.5) is 5.69 Å². The van der Waals surface area contributed by atoms with Crippen LogP contribution in [-0.4, -0.2) is 74.7 Å². The van der Waals surface area contributed by atoms with E-state index in [1.807, 2.05) is 4.90 Å². The maximum Gasteiger partial charge on any atom is 0.236 e. The van der Waals surface area contributed by atoms with Gasteiger partial charge in [-0.25, -0.2) is 0 Å². The monoisotopic (exact) mass is 331 g/mol. The molecule has 0 radical (unpaired) electrons. The van der Waals surface area contributed by atoms with E-state index >= 15 is 0 Å². The predicted molar refractivity (Wildman–Crippen MR) is 96.4 cm³/mol. The van der Waals surface area contributed by atoms with Crippen molar-refractivity contribution in [2.24, 2.45) is 0 Å². The van der Waals surface area contributed by atoms with Gasteiger partial charge in [0.05, 0.1) is 12.6 Å². The average Bonchev–Trinajstić information content (AvgIpc) is 2.62. The molecule has 2 aliphatic heterocycles. The lowest BCUT2D eigenvalue weighted by Crippen LogP contribution is -2.52. The van der Waals surface area contributed by atoms with Crippen LogP contribution < -0.4 is 4.90 Å². The van der Waals surface area contributed by atoms with Gasteiger partial charge in [-0.1, -0.05) is 12.1 Å². The molecule has 132 valence electrons. The molecule has 0 bridgehead atoms. The summed E-state index contributed by atoms with van der Waals surface area (Å²) in [5.74, 6) is 0.273. The van der Waals surface area contributed by atoms with Crippen molar-refractivity contribution in [1.82, 2.24) is 9.80 Å². The fraction of sp³-hybridized carbons (Fsp3) is 0.632. The molecule has 0 N–H and O–H groups in total. The number of aryl methyl sites for hydroxylation is 1. The molecule has 0 atom stereocenters. The van der Waals surface area contributed by atoms with E-state index in [-0.39, 0.29) is 5.91 Å². The highest BCUT2D eigenvalue weighted by Crippen LogP contribution is 2.18. The Kier molecular flexibility index (Phi) is 5.74. The highest BCUT2D eigenvalue weighted by Gasteiger charge is 2.25. The van der Waals surface area contributed by atoms with E-state index in [9.17, 15) is 4.79 Å². The van der Waals surface area contributed by atoms with Crippen molar-refractivity contribution in [3.63, 3.8) is 0 Å². The van der Waals surface area contributed by atoms with Gasteiger partial charge in [-0.3, -0.25) is 9.69 Å². The SMILES string of the molecule is COC1CCN(CC(=O)N2CCN(c3cccc(C)c3)CC2)CC1. The van der Waals surface area contributed by atoms with Crippen molar-refractivity contribution in [3.8, 4) is 0 Å². The van der Waals surface area contributed by atoms with Gasteiger partial charge in [0, 0.05) is 52.1 Å². The minimum atomic E-state index is 0.273. The summed E-state index contributed by atoms with van der Waals surface area (Å²) in [7, 11) is 1.78. The molecule has 5 heteroatoms. The number of piperazine rings is 1. The molecule has 5 nitrogen and oxygen atoms in total. The molecule has 0 saturated carbocycles. The summed E-state index contributed by atoms with van der Waals surface area (Å²) < 4.78 is 5.40. The normalized spacial score (nSPS) is 20.4. The van der Waals surface area contributed by atoms with E-state index in [0.29, 0.717) is 12.6 Å². The minimum Gasteiger partial charge on any atom is -0.381 e. The van der Waals surface area contributed by atoms with Gasteiger partial charge in [-0.15, -0.1) is 0 Å². The first kappa shape index (κ1) is 17.2. The number of rotatable bonds is 4. The zero-order valence-corrected chi connectivity index (χ0v) is 14.9. The molecule has 2 aliphatic rings. The maximum absolute atomic E-state index is 12.5.